The number of rotatable bonds is 8. The van der Waals surface area contributed by atoms with Crippen molar-refractivity contribution >= 4 is 41.6 Å². The van der Waals surface area contributed by atoms with Crippen LogP contribution >= 0.6 is 41.6 Å². The van der Waals surface area contributed by atoms with E-state index < -0.39 is 13.5 Å². The SMILES string of the molecule is CC(NC[C@@H](O)CP(=O)(O)Cc1ccccc1)c1ccc(Cl)c(I)c1. The monoisotopic (exact) mass is 493 g/mol. The minimum Gasteiger partial charge on any atom is -0.391 e. The van der Waals surface area contributed by atoms with Crippen LogP contribution in [0.1, 0.15) is 24.1 Å². The zero-order valence-electron chi connectivity index (χ0n) is 13.9. The van der Waals surface area contributed by atoms with Gasteiger partial charge >= 0.3 is 0 Å². The molecule has 0 fully saturated rings. The van der Waals surface area contributed by atoms with E-state index in [-0.39, 0.29) is 24.9 Å². The average Bonchev–Trinajstić information content (AvgIpc) is 2.55. The Morgan fingerprint density at radius 3 is 2.56 bits per heavy atom. The number of nitrogens with one attached hydrogen (secondary N) is 1. The van der Waals surface area contributed by atoms with Crippen LogP contribution in [0.25, 0.3) is 0 Å². The summed E-state index contributed by atoms with van der Waals surface area (Å²) in [5.74, 6) is 0. The number of hydrogen-bond acceptors (Lipinski definition) is 3. The second-order valence-corrected chi connectivity index (χ2v) is 10.1. The minimum atomic E-state index is -3.43. The average molecular weight is 494 g/mol. The van der Waals surface area contributed by atoms with E-state index in [9.17, 15) is 14.6 Å². The van der Waals surface area contributed by atoms with Gasteiger partial charge in [0.05, 0.1) is 17.3 Å². The molecule has 0 amide bonds. The Labute approximate surface area is 167 Å². The Balaban J connectivity index is 1.85. The van der Waals surface area contributed by atoms with Gasteiger partial charge in [-0.3, -0.25) is 4.57 Å². The van der Waals surface area contributed by atoms with Gasteiger partial charge in [0.1, 0.15) is 0 Å². The number of aliphatic hydroxyl groups excluding tert-OH is 1. The van der Waals surface area contributed by atoms with E-state index in [0.29, 0.717) is 5.02 Å². The predicted molar refractivity (Wildman–Crippen MR) is 111 cm³/mol. The Morgan fingerprint density at radius 1 is 1.24 bits per heavy atom. The lowest BCUT2D eigenvalue weighted by Gasteiger charge is -2.20. The predicted octanol–water partition coefficient (Wildman–Crippen LogP) is 4.43. The third-order valence-electron chi connectivity index (χ3n) is 3.87. The molecule has 0 saturated carbocycles. The van der Waals surface area contributed by atoms with Crippen molar-refractivity contribution in [2.45, 2.75) is 25.2 Å². The molecular weight excluding hydrogens is 472 g/mol. The van der Waals surface area contributed by atoms with Crippen LogP contribution < -0.4 is 5.32 Å². The summed E-state index contributed by atoms with van der Waals surface area (Å²) >= 11 is 8.20. The van der Waals surface area contributed by atoms with E-state index in [1.165, 1.54) is 0 Å². The second kappa shape index (κ2) is 9.49. The van der Waals surface area contributed by atoms with Gasteiger partial charge in [-0.25, -0.2) is 0 Å². The number of halogens is 2. The zero-order chi connectivity index (χ0) is 18.4. The molecule has 2 rings (SSSR count). The molecule has 3 atom stereocenters. The van der Waals surface area contributed by atoms with Crippen molar-refractivity contribution in [2.75, 3.05) is 12.7 Å². The summed E-state index contributed by atoms with van der Waals surface area (Å²) in [6.45, 7) is 2.23. The van der Waals surface area contributed by atoms with Gasteiger partial charge in [-0.05, 0) is 52.8 Å². The van der Waals surface area contributed by atoms with E-state index in [1.54, 1.807) is 0 Å². The first kappa shape index (κ1) is 20.9. The Hall–Kier alpha value is -0.430. The molecule has 3 N–H and O–H groups in total. The van der Waals surface area contributed by atoms with Crippen molar-refractivity contribution in [3.8, 4) is 0 Å². The van der Waals surface area contributed by atoms with Gasteiger partial charge in [0, 0.05) is 22.3 Å². The molecule has 2 aromatic rings. The van der Waals surface area contributed by atoms with Crippen molar-refractivity contribution in [3.05, 3.63) is 68.3 Å². The maximum Gasteiger partial charge on any atom is 0.207 e. The van der Waals surface area contributed by atoms with Gasteiger partial charge in [-0.1, -0.05) is 48.0 Å². The topological polar surface area (TPSA) is 69.6 Å². The highest BCUT2D eigenvalue weighted by Gasteiger charge is 2.23. The lowest BCUT2D eigenvalue weighted by atomic mass is 10.1. The van der Waals surface area contributed by atoms with Crippen LogP contribution in [0.2, 0.25) is 5.02 Å². The van der Waals surface area contributed by atoms with Crippen molar-refractivity contribution in [3.63, 3.8) is 0 Å². The van der Waals surface area contributed by atoms with E-state index in [2.05, 4.69) is 27.9 Å². The maximum atomic E-state index is 12.3. The van der Waals surface area contributed by atoms with Gasteiger partial charge < -0.3 is 15.3 Å². The van der Waals surface area contributed by atoms with Crippen LogP contribution in [-0.2, 0) is 10.7 Å². The van der Waals surface area contributed by atoms with Crippen LogP contribution in [0.15, 0.2) is 48.5 Å². The first-order valence-corrected chi connectivity index (χ1v) is 11.5. The number of hydrogen-bond donors (Lipinski definition) is 3. The van der Waals surface area contributed by atoms with Crippen molar-refractivity contribution in [1.29, 1.82) is 0 Å². The van der Waals surface area contributed by atoms with Gasteiger partial charge in [0.15, 0.2) is 0 Å². The summed E-state index contributed by atoms with van der Waals surface area (Å²) in [6, 6.07) is 14.9. The molecule has 0 aromatic heterocycles. The van der Waals surface area contributed by atoms with E-state index >= 15 is 0 Å². The Bertz CT molecular complexity index is 744. The van der Waals surface area contributed by atoms with Gasteiger partial charge in [0.2, 0.25) is 7.37 Å². The first-order chi connectivity index (χ1) is 11.8. The van der Waals surface area contributed by atoms with E-state index in [0.717, 1.165) is 14.7 Å². The van der Waals surface area contributed by atoms with Gasteiger partial charge in [0.25, 0.3) is 0 Å². The van der Waals surface area contributed by atoms with Crippen molar-refractivity contribution < 1.29 is 14.6 Å². The summed E-state index contributed by atoms with van der Waals surface area (Å²) < 4.78 is 13.3. The first-order valence-electron chi connectivity index (χ1n) is 7.98. The fourth-order valence-electron chi connectivity index (χ4n) is 2.54. The largest absolute Gasteiger partial charge is 0.391 e. The van der Waals surface area contributed by atoms with Crippen molar-refractivity contribution in [2.24, 2.45) is 0 Å². The molecule has 0 aliphatic rings. The zero-order valence-corrected chi connectivity index (χ0v) is 17.7. The summed E-state index contributed by atoms with van der Waals surface area (Å²) in [7, 11) is -3.43. The quantitative estimate of drug-likeness (QED) is 0.376. The molecule has 0 saturated heterocycles. The molecule has 0 aliphatic heterocycles. The van der Waals surface area contributed by atoms with Crippen LogP contribution in [0.4, 0.5) is 0 Å². The highest BCUT2D eigenvalue weighted by atomic mass is 127. The van der Waals surface area contributed by atoms with Crippen LogP contribution in [0, 0.1) is 3.57 Å². The molecule has 25 heavy (non-hydrogen) atoms. The highest BCUT2D eigenvalue weighted by Crippen LogP contribution is 2.44. The fraction of sp³-hybridized carbons (Fsp3) is 0.333. The third kappa shape index (κ3) is 7.00. The molecule has 4 nitrogen and oxygen atoms in total. The molecule has 7 heteroatoms. The van der Waals surface area contributed by atoms with E-state index in [4.69, 9.17) is 11.6 Å². The highest BCUT2D eigenvalue weighted by molar-refractivity contribution is 14.1. The molecule has 2 unspecified atom stereocenters. The van der Waals surface area contributed by atoms with Crippen molar-refractivity contribution in [1.82, 2.24) is 5.32 Å². The molecule has 0 aliphatic carbocycles. The fourth-order valence-corrected chi connectivity index (χ4v) is 4.89. The number of aliphatic hydroxyl groups is 1. The summed E-state index contributed by atoms with van der Waals surface area (Å²) in [6.07, 6.45) is -0.927. The summed E-state index contributed by atoms with van der Waals surface area (Å²) in [4.78, 5) is 10.1. The lowest BCUT2D eigenvalue weighted by molar-refractivity contribution is 0.186. The van der Waals surface area contributed by atoms with Crippen LogP contribution in [-0.4, -0.2) is 28.8 Å². The molecule has 136 valence electrons. The maximum absolute atomic E-state index is 12.3. The smallest absolute Gasteiger partial charge is 0.207 e. The molecule has 0 spiro atoms. The summed E-state index contributed by atoms with van der Waals surface area (Å²) in [5.41, 5.74) is 1.86. The summed E-state index contributed by atoms with van der Waals surface area (Å²) in [5, 5.41) is 14.1. The van der Waals surface area contributed by atoms with Crippen LogP contribution in [0.5, 0.6) is 0 Å². The molecule has 0 heterocycles. The lowest BCUT2D eigenvalue weighted by Crippen LogP contribution is -2.31. The molecule has 0 radical (unpaired) electrons. The van der Waals surface area contributed by atoms with Crippen LogP contribution in [0.3, 0.4) is 0 Å². The molecule has 2 aromatic carbocycles. The van der Waals surface area contributed by atoms with Gasteiger partial charge in [-0.2, -0.15) is 0 Å². The molecular formula is C18H22ClINO3P. The van der Waals surface area contributed by atoms with Gasteiger partial charge in [-0.15, -0.1) is 0 Å². The molecule has 0 bridgehead atoms. The Kier molecular flexibility index (Phi) is 7.92. The Morgan fingerprint density at radius 2 is 1.92 bits per heavy atom. The second-order valence-electron chi connectivity index (χ2n) is 6.13. The number of benzene rings is 2. The minimum absolute atomic E-state index is 0.00707. The van der Waals surface area contributed by atoms with E-state index in [1.807, 2.05) is 55.5 Å². The standard InChI is InChI=1S/C18H22ClINO3P/c1-13(15-7-8-17(19)18(20)9-15)21-10-16(22)12-25(23,24)11-14-5-3-2-4-6-14/h2-9,13,16,21-22H,10-12H2,1H3,(H,23,24)/t13?,16-/m1/s1. The third-order valence-corrected chi connectivity index (χ3v) is 7.26. The normalized spacial score (nSPS) is 16.2.